The van der Waals surface area contributed by atoms with E-state index in [1.165, 1.54) is 47.0 Å². The number of rotatable bonds is 13. The molecule has 1 aliphatic rings. The normalized spacial score (nSPS) is 16.4. The van der Waals surface area contributed by atoms with Crippen molar-refractivity contribution in [3.63, 3.8) is 0 Å². The summed E-state index contributed by atoms with van der Waals surface area (Å²) in [5.74, 6) is 2.65. The molecular formula is C45H48N2O3. The predicted molar refractivity (Wildman–Crippen MR) is 204 cm³/mol. The highest BCUT2D eigenvalue weighted by Crippen LogP contribution is 2.37. The Morgan fingerprint density at radius 1 is 0.600 bits per heavy atom. The van der Waals surface area contributed by atoms with E-state index in [4.69, 9.17) is 14.2 Å². The van der Waals surface area contributed by atoms with E-state index in [9.17, 15) is 0 Å². The lowest BCUT2D eigenvalue weighted by molar-refractivity contribution is 0.0851. The van der Waals surface area contributed by atoms with Gasteiger partial charge in [0.05, 0.1) is 5.69 Å². The summed E-state index contributed by atoms with van der Waals surface area (Å²) in [6.07, 6.45) is 3.89. The van der Waals surface area contributed by atoms with Gasteiger partial charge in [-0.3, -0.25) is 4.90 Å². The molecule has 0 radical (unpaired) electrons. The molecule has 1 aliphatic heterocycles. The van der Waals surface area contributed by atoms with Crippen LogP contribution in [0.3, 0.4) is 0 Å². The summed E-state index contributed by atoms with van der Waals surface area (Å²) in [5, 5.41) is 1.19. The highest BCUT2D eigenvalue weighted by atomic mass is 16.5. The average Bonchev–Trinajstić information content (AvgIpc) is 3.42. The molecule has 6 aromatic rings. The van der Waals surface area contributed by atoms with Crippen molar-refractivity contribution in [2.24, 2.45) is 0 Å². The smallest absolute Gasteiger partial charge is 0.120 e. The van der Waals surface area contributed by atoms with Crippen LogP contribution in [0.25, 0.3) is 22.2 Å². The Kier molecular flexibility index (Phi) is 10.5. The van der Waals surface area contributed by atoms with Crippen molar-refractivity contribution >= 4 is 10.9 Å². The van der Waals surface area contributed by atoms with Crippen molar-refractivity contribution in [1.82, 2.24) is 9.47 Å². The van der Waals surface area contributed by atoms with Gasteiger partial charge in [-0.05, 0) is 116 Å². The fourth-order valence-electron chi connectivity index (χ4n) is 7.38. The zero-order valence-corrected chi connectivity index (χ0v) is 29.6. The molecule has 0 bridgehead atoms. The molecule has 0 N–H and O–H groups in total. The maximum atomic E-state index is 6.26. The molecule has 2 atom stereocenters. The van der Waals surface area contributed by atoms with Crippen molar-refractivity contribution in [3.8, 4) is 28.5 Å². The second kappa shape index (κ2) is 15.7. The maximum absolute atomic E-state index is 6.26. The summed E-state index contributed by atoms with van der Waals surface area (Å²) in [5.41, 5.74) is 8.28. The van der Waals surface area contributed by atoms with Gasteiger partial charge in [0.1, 0.15) is 37.1 Å². The minimum absolute atomic E-state index is 0.536. The Labute approximate surface area is 297 Å². The summed E-state index contributed by atoms with van der Waals surface area (Å²) in [4.78, 5) is 2.60. The van der Waals surface area contributed by atoms with Gasteiger partial charge in [0.2, 0.25) is 0 Å². The quantitative estimate of drug-likeness (QED) is 0.123. The van der Waals surface area contributed by atoms with Gasteiger partial charge in [-0.1, -0.05) is 79.2 Å². The van der Waals surface area contributed by atoms with E-state index in [1.807, 2.05) is 36.4 Å². The van der Waals surface area contributed by atoms with Crippen LogP contribution in [0.4, 0.5) is 0 Å². The van der Waals surface area contributed by atoms with Crippen molar-refractivity contribution < 1.29 is 14.2 Å². The monoisotopic (exact) mass is 664 g/mol. The van der Waals surface area contributed by atoms with Crippen molar-refractivity contribution in [1.29, 1.82) is 0 Å². The highest BCUT2D eigenvalue weighted by Gasteiger charge is 2.24. The van der Waals surface area contributed by atoms with Crippen molar-refractivity contribution in [3.05, 3.63) is 150 Å². The molecule has 1 aromatic heterocycles. The predicted octanol–water partition coefficient (Wildman–Crippen LogP) is 10.5. The molecule has 0 aliphatic carbocycles. The number of hydrogen-bond acceptors (Lipinski definition) is 4. The second-order valence-corrected chi connectivity index (χ2v) is 13.7. The molecule has 5 aromatic carbocycles. The minimum Gasteiger partial charge on any atom is -0.492 e. The Balaban J connectivity index is 1.12. The van der Waals surface area contributed by atoms with Gasteiger partial charge in [0.25, 0.3) is 0 Å². The third-order valence-electron chi connectivity index (χ3n) is 10.2. The van der Waals surface area contributed by atoms with Crippen LogP contribution in [0.2, 0.25) is 0 Å². The molecular weight excluding hydrogens is 617 g/mol. The molecule has 256 valence electrons. The second-order valence-electron chi connectivity index (χ2n) is 13.7. The third kappa shape index (κ3) is 7.90. The van der Waals surface area contributed by atoms with E-state index in [0.717, 1.165) is 47.0 Å². The number of aromatic nitrogens is 1. The molecule has 0 amide bonds. The first kappa shape index (κ1) is 33.5. The molecule has 1 fully saturated rings. The van der Waals surface area contributed by atoms with Crippen LogP contribution in [0, 0.1) is 6.92 Å². The van der Waals surface area contributed by atoms with Gasteiger partial charge >= 0.3 is 0 Å². The van der Waals surface area contributed by atoms with Crippen LogP contribution in [-0.4, -0.2) is 34.7 Å². The number of hydrogen-bond donors (Lipinski definition) is 0. The van der Waals surface area contributed by atoms with E-state index in [2.05, 4.69) is 121 Å². The van der Waals surface area contributed by atoms with Gasteiger partial charge in [-0.15, -0.1) is 0 Å². The Bertz CT molecular complexity index is 1960. The molecule has 2 heterocycles. The summed E-state index contributed by atoms with van der Waals surface area (Å²) < 4.78 is 21.0. The lowest BCUT2D eigenvalue weighted by Gasteiger charge is -2.38. The van der Waals surface area contributed by atoms with Crippen LogP contribution in [0.5, 0.6) is 17.2 Å². The summed E-state index contributed by atoms with van der Waals surface area (Å²) in [6.45, 7) is 10.4. The Morgan fingerprint density at radius 3 is 1.80 bits per heavy atom. The van der Waals surface area contributed by atoms with Crippen LogP contribution in [-0.2, 0) is 19.8 Å². The number of piperidine rings is 1. The van der Waals surface area contributed by atoms with Gasteiger partial charge in [-0.25, -0.2) is 0 Å². The first-order valence-electron chi connectivity index (χ1n) is 18.1. The minimum atomic E-state index is 0.536. The number of ether oxygens (including phenoxy) is 3. The van der Waals surface area contributed by atoms with Crippen LogP contribution < -0.4 is 14.2 Å². The molecule has 1 saturated heterocycles. The fourth-order valence-corrected chi connectivity index (χ4v) is 7.38. The first-order valence-corrected chi connectivity index (χ1v) is 18.1. The summed E-state index contributed by atoms with van der Waals surface area (Å²) in [7, 11) is 0. The van der Waals surface area contributed by atoms with Gasteiger partial charge in [0, 0.05) is 36.1 Å². The number of likely N-dealkylation sites (tertiary alicyclic amines) is 1. The molecule has 7 rings (SSSR count). The number of fused-ring (bicyclic) bond motifs is 1. The van der Waals surface area contributed by atoms with Crippen LogP contribution in [0.15, 0.2) is 127 Å². The maximum Gasteiger partial charge on any atom is 0.120 e. The lowest BCUT2D eigenvalue weighted by atomic mass is 9.98. The van der Waals surface area contributed by atoms with E-state index in [-0.39, 0.29) is 0 Å². The Hall–Kier alpha value is -5.00. The zero-order valence-electron chi connectivity index (χ0n) is 29.6. The number of benzene rings is 5. The largest absolute Gasteiger partial charge is 0.492 e. The average molecular weight is 665 g/mol. The molecule has 5 heteroatoms. The molecule has 0 unspecified atom stereocenters. The molecule has 0 saturated carbocycles. The van der Waals surface area contributed by atoms with Gasteiger partial charge < -0.3 is 18.8 Å². The van der Waals surface area contributed by atoms with E-state index in [1.54, 1.807) is 0 Å². The van der Waals surface area contributed by atoms with Crippen LogP contribution in [0.1, 0.15) is 55.4 Å². The van der Waals surface area contributed by atoms with E-state index in [0.29, 0.717) is 31.9 Å². The highest BCUT2D eigenvalue weighted by molar-refractivity contribution is 5.92. The molecule has 5 nitrogen and oxygen atoms in total. The van der Waals surface area contributed by atoms with Gasteiger partial charge in [0.15, 0.2) is 0 Å². The number of aryl methyl sites for hydroxylation is 1. The Morgan fingerprint density at radius 2 is 1.16 bits per heavy atom. The van der Waals surface area contributed by atoms with E-state index < -0.39 is 0 Å². The fraction of sp³-hybridized carbons (Fsp3) is 0.289. The lowest BCUT2D eigenvalue weighted by Crippen LogP contribution is -2.45. The zero-order chi connectivity index (χ0) is 34.3. The summed E-state index contributed by atoms with van der Waals surface area (Å²) >= 11 is 0. The summed E-state index contributed by atoms with van der Waals surface area (Å²) in [6, 6.07) is 45.5. The molecule has 50 heavy (non-hydrogen) atoms. The topological polar surface area (TPSA) is 35.9 Å². The van der Waals surface area contributed by atoms with Crippen LogP contribution >= 0.6 is 0 Å². The standard InChI is InChI=1S/C45H48N2O3/c1-33-11-10-12-34(2)46(33)27-28-48-40-21-17-36(18-22-40)30-47-44-26-25-42(50-32-38-15-8-5-9-16-38)29-43(44)35(3)45(47)39-19-23-41(24-20-39)49-31-37-13-6-4-7-14-37/h4-9,13-26,29,33-34H,10-12,27-28,30-32H2,1-3H3/t33-,34+. The van der Waals surface area contributed by atoms with Crippen molar-refractivity contribution in [2.45, 2.75) is 71.9 Å². The number of nitrogens with zero attached hydrogens (tertiary/aromatic N) is 2. The SMILES string of the molecule is Cc1c(-c2ccc(OCc3ccccc3)cc2)n(Cc2ccc(OCCN3[C@H](C)CCC[C@@H]3C)cc2)c2ccc(OCc3ccccc3)cc12. The third-order valence-corrected chi connectivity index (χ3v) is 10.2. The van der Waals surface area contributed by atoms with Gasteiger partial charge in [-0.2, -0.15) is 0 Å². The molecule has 0 spiro atoms. The van der Waals surface area contributed by atoms with E-state index >= 15 is 0 Å². The first-order chi connectivity index (χ1) is 24.5. The van der Waals surface area contributed by atoms with Crippen molar-refractivity contribution in [2.75, 3.05) is 13.2 Å².